The zero-order valence-corrected chi connectivity index (χ0v) is 13.1. The molecule has 0 amide bonds. The average molecular weight is 283 g/mol. The normalized spacial score (nSPS) is 15.5. The van der Waals surface area contributed by atoms with Crippen LogP contribution >= 0.6 is 0 Å². The minimum atomic E-state index is -3.11. The minimum absolute atomic E-state index is 0.0169. The van der Waals surface area contributed by atoms with Gasteiger partial charge < -0.3 is 5.73 Å². The highest BCUT2D eigenvalue weighted by Crippen LogP contribution is 2.20. The monoisotopic (exact) mass is 283 g/mol. The van der Waals surface area contributed by atoms with Crippen molar-refractivity contribution in [2.24, 2.45) is 5.73 Å². The Kier molecular flexibility index (Phi) is 5.56. The molecule has 0 fully saturated rings. The predicted octanol–water partition coefficient (Wildman–Crippen LogP) is 3.02. The van der Waals surface area contributed by atoms with Crippen LogP contribution in [0, 0.1) is 0 Å². The molecule has 0 aliphatic rings. The van der Waals surface area contributed by atoms with Crippen molar-refractivity contribution in [2.45, 2.75) is 51.3 Å². The summed E-state index contributed by atoms with van der Waals surface area (Å²) in [5.41, 5.74) is 8.14. The van der Waals surface area contributed by atoms with Crippen molar-refractivity contribution >= 4 is 9.84 Å². The number of nitrogens with two attached hydrogens (primary N) is 1. The van der Waals surface area contributed by atoms with Crippen LogP contribution in [0.2, 0.25) is 0 Å². The molecule has 0 aliphatic carbocycles. The Morgan fingerprint density at radius 3 is 1.95 bits per heavy atom. The molecule has 3 nitrogen and oxygen atoms in total. The first-order valence-corrected chi connectivity index (χ1v) is 8.56. The lowest BCUT2D eigenvalue weighted by Crippen LogP contribution is -2.28. The molecule has 0 saturated carbocycles. The molecule has 2 N–H and O–H groups in total. The van der Waals surface area contributed by atoms with E-state index in [0.29, 0.717) is 12.3 Å². The van der Waals surface area contributed by atoms with Gasteiger partial charge in [-0.2, -0.15) is 0 Å². The van der Waals surface area contributed by atoms with Crippen LogP contribution in [0.1, 0.15) is 57.2 Å². The summed E-state index contributed by atoms with van der Waals surface area (Å²) >= 11 is 0. The first-order chi connectivity index (χ1) is 8.77. The molecule has 2 atom stereocenters. The Hall–Kier alpha value is -0.870. The van der Waals surface area contributed by atoms with Crippen molar-refractivity contribution in [1.29, 1.82) is 0 Å². The van der Waals surface area contributed by atoms with Crippen molar-refractivity contribution < 1.29 is 8.42 Å². The first-order valence-electron chi connectivity index (χ1n) is 6.85. The van der Waals surface area contributed by atoms with Gasteiger partial charge in [-0.15, -0.1) is 0 Å². The third-order valence-corrected chi connectivity index (χ3v) is 6.01. The fraction of sp³-hybridized carbons (Fsp3) is 0.600. The van der Waals surface area contributed by atoms with E-state index >= 15 is 0 Å². The van der Waals surface area contributed by atoms with E-state index in [2.05, 4.69) is 13.8 Å². The molecular weight excluding hydrogens is 258 g/mol. The topological polar surface area (TPSA) is 60.2 Å². The van der Waals surface area contributed by atoms with E-state index in [1.807, 2.05) is 31.2 Å². The van der Waals surface area contributed by atoms with Crippen molar-refractivity contribution in [3.05, 3.63) is 35.4 Å². The van der Waals surface area contributed by atoms with Gasteiger partial charge in [-0.25, -0.2) is 8.42 Å². The summed E-state index contributed by atoms with van der Waals surface area (Å²) in [6, 6.07) is 7.48. The smallest absolute Gasteiger partial charge is 0.154 e. The Morgan fingerprint density at radius 1 is 1.05 bits per heavy atom. The molecule has 0 radical (unpaired) electrons. The maximum Gasteiger partial charge on any atom is 0.154 e. The van der Waals surface area contributed by atoms with Crippen LogP contribution in [0.4, 0.5) is 0 Å². The van der Waals surface area contributed by atoms with Gasteiger partial charge in [0.2, 0.25) is 0 Å². The van der Waals surface area contributed by atoms with Crippen molar-refractivity contribution in [1.82, 2.24) is 0 Å². The lowest BCUT2D eigenvalue weighted by Gasteiger charge is -2.16. The molecule has 0 heterocycles. The summed E-state index contributed by atoms with van der Waals surface area (Å²) in [6.07, 6.45) is 0.626. The van der Waals surface area contributed by atoms with Crippen LogP contribution in [0.3, 0.4) is 0 Å². The maximum atomic E-state index is 12.0. The van der Waals surface area contributed by atoms with Crippen LogP contribution in [-0.2, 0) is 9.84 Å². The lowest BCUT2D eigenvalue weighted by molar-refractivity contribution is 0.574. The summed E-state index contributed by atoms with van der Waals surface area (Å²) < 4.78 is 24.1. The highest BCUT2D eigenvalue weighted by molar-refractivity contribution is 7.92. The van der Waals surface area contributed by atoms with Gasteiger partial charge in [0.25, 0.3) is 0 Å². The van der Waals surface area contributed by atoms with E-state index < -0.39 is 15.9 Å². The van der Waals surface area contributed by atoms with Gasteiger partial charge in [0.15, 0.2) is 9.84 Å². The van der Waals surface area contributed by atoms with Gasteiger partial charge >= 0.3 is 0 Å². The second-order valence-corrected chi connectivity index (χ2v) is 7.94. The van der Waals surface area contributed by atoms with E-state index in [9.17, 15) is 8.42 Å². The first kappa shape index (κ1) is 16.2. The van der Waals surface area contributed by atoms with Gasteiger partial charge in [-0.3, -0.25) is 0 Å². The molecule has 108 valence electrons. The lowest BCUT2D eigenvalue weighted by atomic mass is 10.00. The van der Waals surface area contributed by atoms with E-state index in [1.54, 1.807) is 6.92 Å². The zero-order chi connectivity index (χ0) is 14.6. The summed E-state index contributed by atoms with van der Waals surface area (Å²) in [7, 11) is -3.11. The van der Waals surface area contributed by atoms with Crippen LogP contribution < -0.4 is 5.73 Å². The van der Waals surface area contributed by atoms with Crippen LogP contribution in [0.15, 0.2) is 24.3 Å². The molecule has 1 rings (SSSR count). The standard InChI is InChI=1S/C15H25NO2S/c1-5-12(4)19(17,18)10-15(16)14-8-6-13(7-9-14)11(2)3/h6-9,11-12,15H,5,10,16H2,1-4H3. The predicted molar refractivity (Wildman–Crippen MR) is 81.0 cm³/mol. The van der Waals surface area contributed by atoms with E-state index in [1.165, 1.54) is 5.56 Å². The molecule has 0 spiro atoms. The molecule has 0 saturated heterocycles. The molecule has 4 heteroatoms. The quantitative estimate of drug-likeness (QED) is 0.873. The molecule has 0 aliphatic heterocycles. The molecule has 1 aromatic carbocycles. The Labute approximate surface area is 117 Å². The Balaban J connectivity index is 2.81. The summed E-state index contributed by atoms with van der Waals surface area (Å²) in [5, 5.41) is -0.325. The van der Waals surface area contributed by atoms with Gasteiger partial charge in [-0.1, -0.05) is 45.0 Å². The van der Waals surface area contributed by atoms with Gasteiger partial charge in [0.1, 0.15) is 0 Å². The number of hydrogen-bond donors (Lipinski definition) is 1. The summed E-state index contributed by atoms with van der Waals surface area (Å²) in [6.45, 7) is 7.87. The Bertz CT molecular complexity index is 491. The zero-order valence-electron chi connectivity index (χ0n) is 12.3. The fourth-order valence-corrected chi connectivity index (χ4v) is 3.42. The molecule has 19 heavy (non-hydrogen) atoms. The summed E-state index contributed by atoms with van der Waals surface area (Å²) in [5.74, 6) is 0.484. The number of rotatable bonds is 6. The van der Waals surface area contributed by atoms with Crippen molar-refractivity contribution in [2.75, 3.05) is 5.75 Å². The molecule has 1 aromatic rings. The van der Waals surface area contributed by atoms with Crippen LogP contribution in [0.5, 0.6) is 0 Å². The van der Waals surface area contributed by atoms with Crippen molar-refractivity contribution in [3.63, 3.8) is 0 Å². The highest BCUT2D eigenvalue weighted by Gasteiger charge is 2.23. The second kappa shape index (κ2) is 6.53. The summed E-state index contributed by atoms with van der Waals surface area (Å²) in [4.78, 5) is 0. The van der Waals surface area contributed by atoms with E-state index in [4.69, 9.17) is 5.73 Å². The maximum absolute atomic E-state index is 12.0. The number of sulfone groups is 1. The van der Waals surface area contributed by atoms with Gasteiger partial charge in [0, 0.05) is 6.04 Å². The highest BCUT2D eigenvalue weighted by atomic mass is 32.2. The largest absolute Gasteiger partial charge is 0.323 e. The SMILES string of the molecule is CCC(C)S(=O)(=O)CC(N)c1ccc(C(C)C)cc1. The van der Waals surface area contributed by atoms with Crippen molar-refractivity contribution in [3.8, 4) is 0 Å². The average Bonchev–Trinajstić information content (AvgIpc) is 2.37. The Morgan fingerprint density at radius 2 is 1.53 bits per heavy atom. The van der Waals surface area contributed by atoms with Crippen LogP contribution in [0.25, 0.3) is 0 Å². The third-order valence-electron chi connectivity index (χ3n) is 3.63. The third kappa shape index (κ3) is 4.32. The fourth-order valence-electron chi connectivity index (χ4n) is 1.89. The van der Waals surface area contributed by atoms with Gasteiger partial charge in [0.05, 0.1) is 11.0 Å². The number of hydrogen-bond acceptors (Lipinski definition) is 3. The molecule has 0 aromatic heterocycles. The minimum Gasteiger partial charge on any atom is -0.323 e. The van der Waals surface area contributed by atoms with E-state index in [-0.39, 0.29) is 11.0 Å². The molecule has 0 bridgehead atoms. The van der Waals surface area contributed by atoms with E-state index in [0.717, 1.165) is 5.56 Å². The van der Waals surface area contributed by atoms with Gasteiger partial charge in [-0.05, 0) is 30.4 Å². The molecular formula is C15H25NO2S. The van der Waals surface area contributed by atoms with Crippen LogP contribution in [-0.4, -0.2) is 19.4 Å². The molecule has 2 unspecified atom stereocenters. The number of benzene rings is 1. The second-order valence-electron chi connectivity index (χ2n) is 5.48.